The number of hydrogen-bond donors (Lipinski definition) is 0. The Balaban J connectivity index is 2.91. The lowest BCUT2D eigenvalue weighted by atomic mass is 10.2. The van der Waals surface area contributed by atoms with Crippen LogP contribution in [0.4, 0.5) is 0 Å². The summed E-state index contributed by atoms with van der Waals surface area (Å²) in [6, 6.07) is 9.83. The molecule has 0 fully saturated rings. The maximum atomic E-state index is 12.2. The molecule has 27 heavy (non-hydrogen) atoms. The lowest BCUT2D eigenvalue weighted by molar-refractivity contribution is 0.219. The van der Waals surface area contributed by atoms with Gasteiger partial charge in [0.25, 0.3) is 0 Å². The van der Waals surface area contributed by atoms with E-state index in [2.05, 4.69) is 38.4 Å². The Morgan fingerprint density at radius 2 is 1.67 bits per heavy atom. The van der Waals surface area contributed by atoms with Crippen LogP contribution in [0.5, 0.6) is 5.75 Å². The second-order valence-electron chi connectivity index (χ2n) is 6.42. The molecule has 0 bridgehead atoms. The van der Waals surface area contributed by atoms with E-state index in [0.717, 1.165) is 5.56 Å². The Hall–Kier alpha value is -0.990. The summed E-state index contributed by atoms with van der Waals surface area (Å²) in [7, 11) is -1.71. The van der Waals surface area contributed by atoms with Gasteiger partial charge in [-0.1, -0.05) is 12.1 Å². The van der Waals surface area contributed by atoms with Crippen molar-refractivity contribution in [3.8, 4) is 11.8 Å². The fraction of sp³-hybridized carbons (Fsp3) is 0.611. The van der Waals surface area contributed by atoms with E-state index >= 15 is 0 Å². The molecule has 1 rings (SSSR count). The van der Waals surface area contributed by atoms with Crippen LogP contribution >= 0.6 is 16.1 Å². The molecule has 9 heteroatoms. The monoisotopic (exact) mass is 416 g/mol. The van der Waals surface area contributed by atoms with Gasteiger partial charge in [-0.05, 0) is 45.4 Å². The lowest BCUT2D eigenvalue weighted by Crippen LogP contribution is -2.34. The molecule has 0 aliphatic carbocycles. The molecule has 0 amide bonds. The van der Waals surface area contributed by atoms with Crippen LogP contribution in [0.25, 0.3) is 0 Å². The van der Waals surface area contributed by atoms with E-state index < -0.39 is 16.1 Å². The summed E-state index contributed by atoms with van der Waals surface area (Å²) in [5.41, 5.74) is 0.827. The first-order valence-electron chi connectivity index (χ1n) is 8.82. The van der Waals surface area contributed by atoms with E-state index in [1.165, 1.54) is 14.2 Å². The van der Waals surface area contributed by atoms with Crippen LogP contribution in [-0.2, 0) is 24.3 Å². The average Bonchev–Trinajstić information content (AvgIpc) is 2.62. The topological polar surface area (TPSA) is 81.0 Å². The number of nitrogens with zero attached hydrogens (tertiary/aromatic N) is 2. The van der Waals surface area contributed by atoms with Crippen molar-refractivity contribution < 1.29 is 22.7 Å². The Morgan fingerprint density at radius 1 is 1.11 bits per heavy atom. The molecular formula is C18H30N2O5P2. The highest BCUT2D eigenvalue weighted by Crippen LogP contribution is 2.50. The Bertz CT molecular complexity index is 630. The summed E-state index contributed by atoms with van der Waals surface area (Å²) in [5.74, 6) is 0.651. The van der Waals surface area contributed by atoms with Gasteiger partial charge < -0.3 is 18.1 Å². The molecule has 0 radical (unpaired) electrons. The van der Waals surface area contributed by atoms with E-state index in [1.54, 1.807) is 0 Å². The van der Waals surface area contributed by atoms with E-state index in [1.807, 2.05) is 24.3 Å². The molecule has 1 aromatic carbocycles. The summed E-state index contributed by atoms with van der Waals surface area (Å²) in [5, 5.41) is 8.77. The Labute approximate surface area is 164 Å². The minimum Gasteiger partial charge on any atom is -0.436 e. The van der Waals surface area contributed by atoms with Gasteiger partial charge in [-0.15, -0.1) is 0 Å². The van der Waals surface area contributed by atoms with Crippen LogP contribution in [0.1, 0.15) is 39.7 Å². The largest absolute Gasteiger partial charge is 0.436 e. The van der Waals surface area contributed by atoms with E-state index in [0.29, 0.717) is 18.8 Å². The zero-order chi connectivity index (χ0) is 20.4. The molecule has 0 saturated heterocycles. The maximum Gasteiger partial charge on any atom is 0.334 e. The first-order valence-corrected chi connectivity index (χ1v) is 11.7. The second kappa shape index (κ2) is 11.8. The predicted octanol–water partition coefficient (Wildman–Crippen LogP) is 5.33. The Kier molecular flexibility index (Phi) is 10.5. The third kappa shape index (κ3) is 7.87. The van der Waals surface area contributed by atoms with Crippen molar-refractivity contribution in [1.82, 2.24) is 4.67 Å². The van der Waals surface area contributed by atoms with Crippen molar-refractivity contribution in [2.45, 2.75) is 52.4 Å². The van der Waals surface area contributed by atoms with Gasteiger partial charge in [-0.25, -0.2) is 4.67 Å². The van der Waals surface area contributed by atoms with Crippen molar-refractivity contribution in [1.29, 1.82) is 5.26 Å². The highest BCUT2D eigenvalue weighted by Gasteiger charge is 2.28. The lowest BCUT2D eigenvalue weighted by Gasteiger charge is -2.35. The van der Waals surface area contributed by atoms with Gasteiger partial charge in [0.15, 0.2) is 0 Å². The quantitative estimate of drug-likeness (QED) is 0.337. The van der Waals surface area contributed by atoms with Gasteiger partial charge >= 0.3 is 16.1 Å². The Morgan fingerprint density at radius 3 is 2.11 bits per heavy atom. The van der Waals surface area contributed by atoms with Gasteiger partial charge in [0, 0.05) is 26.3 Å². The molecular weight excluding hydrogens is 386 g/mol. The van der Waals surface area contributed by atoms with E-state index in [-0.39, 0.29) is 18.2 Å². The number of rotatable bonds is 12. The first kappa shape index (κ1) is 24.0. The zero-order valence-electron chi connectivity index (χ0n) is 16.9. The molecule has 1 unspecified atom stereocenters. The number of nitriles is 1. The molecule has 0 aromatic heterocycles. The SMILES string of the molecule is COP(=O)(Cc1ccc(OP(OCCC#N)N(C(C)C)C(C)C)cc1)OC. The third-order valence-electron chi connectivity index (χ3n) is 3.70. The van der Waals surface area contributed by atoms with Crippen LogP contribution < -0.4 is 4.52 Å². The fourth-order valence-corrected chi connectivity index (χ4v) is 5.11. The summed E-state index contributed by atoms with van der Waals surface area (Å²) in [4.78, 5) is 0. The van der Waals surface area contributed by atoms with E-state index in [9.17, 15) is 4.57 Å². The van der Waals surface area contributed by atoms with Crippen molar-refractivity contribution in [3.05, 3.63) is 29.8 Å². The van der Waals surface area contributed by atoms with Crippen molar-refractivity contribution in [3.63, 3.8) is 0 Å². The molecule has 0 heterocycles. The molecule has 0 aliphatic rings. The van der Waals surface area contributed by atoms with Gasteiger partial charge in [-0.2, -0.15) is 5.26 Å². The molecule has 7 nitrogen and oxygen atoms in total. The van der Waals surface area contributed by atoms with Gasteiger partial charge in [0.2, 0.25) is 0 Å². The maximum absolute atomic E-state index is 12.2. The molecule has 1 aromatic rings. The minimum absolute atomic E-state index is 0.192. The molecule has 0 saturated carbocycles. The summed E-state index contributed by atoms with van der Waals surface area (Å²) < 4.78 is 36.3. The molecule has 0 N–H and O–H groups in total. The predicted molar refractivity (Wildman–Crippen MR) is 108 cm³/mol. The summed E-state index contributed by atoms with van der Waals surface area (Å²) in [6.07, 6.45) is 0.506. The van der Waals surface area contributed by atoms with Crippen molar-refractivity contribution >= 4 is 16.1 Å². The molecule has 152 valence electrons. The third-order valence-corrected chi connectivity index (χ3v) is 7.64. The molecule has 0 aliphatic heterocycles. The number of benzene rings is 1. The van der Waals surface area contributed by atoms with Crippen molar-refractivity contribution in [2.24, 2.45) is 0 Å². The highest BCUT2D eigenvalue weighted by molar-refractivity contribution is 7.52. The van der Waals surface area contributed by atoms with Gasteiger partial charge in [0.1, 0.15) is 5.75 Å². The van der Waals surface area contributed by atoms with Crippen LogP contribution in [-0.4, -0.2) is 37.6 Å². The highest BCUT2D eigenvalue weighted by atomic mass is 31.2. The molecule has 0 spiro atoms. The van der Waals surface area contributed by atoms with Crippen LogP contribution in [0, 0.1) is 11.3 Å². The van der Waals surface area contributed by atoms with Gasteiger partial charge in [0.05, 0.1) is 25.3 Å². The normalized spacial score (nSPS) is 13.2. The first-order chi connectivity index (χ1) is 12.8. The molecule has 1 atom stereocenters. The standard InChI is InChI=1S/C18H30N2O5P2/c1-15(2)20(16(3)4)26(24-13-7-12-19)25-18-10-8-17(9-11-18)14-27(21,22-5)23-6/h8-11,15-16H,7,13-14H2,1-6H3. The number of hydrogen-bond acceptors (Lipinski definition) is 7. The summed E-state index contributed by atoms with van der Waals surface area (Å²) >= 11 is 0. The second-order valence-corrected chi connectivity index (χ2v) is 10.1. The summed E-state index contributed by atoms with van der Waals surface area (Å²) in [6.45, 7) is 8.66. The van der Waals surface area contributed by atoms with Crippen LogP contribution in [0.3, 0.4) is 0 Å². The van der Waals surface area contributed by atoms with Crippen LogP contribution in [0.2, 0.25) is 0 Å². The van der Waals surface area contributed by atoms with E-state index in [4.69, 9.17) is 23.4 Å². The van der Waals surface area contributed by atoms with Gasteiger partial charge in [-0.3, -0.25) is 4.57 Å². The fourth-order valence-electron chi connectivity index (χ4n) is 2.46. The smallest absolute Gasteiger partial charge is 0.334 e. The van der Waals surface area contributed by atoms with Crippen LogP contribution in [0.15, 0.2) is 24.3 Å². The average molecular weight is 416 g/mol. The van der Waals surface area contributed by atoms with Crippen molar-refractivity contribution in [2.75, 3.05) is 20.8 Å². The zero-order valence-corrected chi connectivity index (χ0v) is 18.7. The minimum atomic E-state index is -3.11.